The standard InChI is InChI=1S/C15H10ClN3O2/c16-10-2-1-3-11(8-10)18-15-6-7-17-14-5-4-12(19(20)21)9-13(14)15/h1-9H,(H,17,18). The summed E-state index contributed by atoms with van der Waals surface area (Å²) in [4.78, 5) is 14.7. The van der Waals surface area contributed by atoms with Crippen molar-refractivity contribution in [2.24, 2.45) is 0 Å². The lowest BCUT2D eigenvalue weighted by Crippen LogP contribution is -1.94. The number of non-ortho nitro benzene ring substituents is 1. The summed E-state index contributed by atoms with van der Waals surface area (Å²) in [5.74, 6) is 0. The van der Waals surface area contributed by atoms with Gasteiger partial charge in [0.15, 0.2) is 0 Å². The number of anilines is 2. The number of pyridine rings is 1. The molecule has 1 heterocycles. The topological polar surface area (TPSA) is 68.1 Å². The van der Waals surface area contributed by atoms with Gasteiger partial charge < -0.3 is 5.32 Å². The Bertz CT molecular complexity index is 836. The summed E-state index contributed by atoms with van der Waals surface area (Å²) < 4.78 is 0. The van der Waals surface area contributed by atoms with Gasteiger partial charge in [0.25, 0.3) is 5.69 Å². The van der Waals surface area contributed by atoms with Gasteiger partial charge in [-0.1, -0.05) is 17.7 Å². The van der Waals surface area contributed by atoms with Crippen LogP contribution in [0.25, 0.3) is 10.9 Å². The van der Waals surface area contributed by atoms with Gasteiger partial charge in [0.2, 0.25) is 0 Å². The molecule has 1 aromatic heterocycles. The highest BCUT2D eigenvalue weighted by Crippen LogP contribution is 2.29. The van der Waals surface area contributed by atoms with Gasteiger partial charge in [0.05, 0.1) is 10.4 Å². The summed E-state index contributed by atoms with van der Waals surface area (Å²) in [7, 11) is 0. The highest BCUT2D eigenvalue weighted by Gasteiger charge is 2.09. The number of hydrogen-bond acceptors (Lipinski definition) is 4. The molecule has 1 N–H and O–H groups in total. The minimum absolute atomic E-state index is 0.0321. The average molecular weight is 300 g/mol. The number of aromatic nitrogens is 1. The monoisotopic (exact) mass is 299 g/mol. The van der Waals surface area contributed by atoms with Gasteiger partial charge in [-0.2, -0.15) is 0 Å². The highest BCUT2D eigenvalue weighted by atomic mass is 35.5. The third-order valence-corrected chi connectivity index (χ3v) is 3.27. The lowest BCUT2D eigenvalue weighted by molar-refractivity contribution is -0.384. The first-order chi connectivity index (χ1) is 10.1. The van der Waals surface area contributed by atoms with E-state index >= 15 is 0 Å². The second-order valence-corrected chi connectivity index (χ2v) is 4.89. The molecule has 0 saturated carbocycles. The molecule has 0 fully saturated rings. The minimum Gasteiger partial charge on any atom is -0.355 e. The van der Waals surface area contributed by atoms with E-state index in [1.165, 1.54) is 12.1 Å². The second kappa shape index (κ2) is 5.38. The zero-order valence-electron chi connectivity index (χ0n) is 10.8. The Morgan fingerprint density at radius 1 is 1.14 bits per heavy atom. The summed E-state index contributed by atoms with van der Waals surface area (Å²) in [6, 6.07) is 13.6. The minimum atomic E-state index is -0.421. The van der Waals surface area contributed by atoms with Crippen LogP contribution in [0.2, 0.25) is 5.02 Å². The van der Waals surface area contributed by atoms with Crippen molar-refractivity contribution in [3.63, 3.8) is 0 Å². The van der Waals surface area contributed by atoms with Crippen molar-refractivity contribution in [1.29, 1.82) is 0 Å². The fourth-order valence-electron chi connectivity index (χ4n) is 2.08. The third kappa shape index (κ3) is 2.78. The molecule has 5 nitrogen and oxygen atoms in total. The van der Waals surface area contributed by atoms with Crippen LogP contribution in [0.4, 0.5) is 17.1 Å². The summed E-state index contributed by atoms with van der Waals surface area (Å²) in [5.41, 5.74) is 2.27. The number of halogens is 1. The van der Waals surface area contributed by atoms with Crippen molar-refractivity contribution in [2.75, 3.05) is 5.32 Å². The number of benzene rings is 2. The van der Waals surface area contributed by atoms with Crippen LogP contribution in [0.1, 0.15) is 0 Å². The van der Waals surface area contributed by atoms with Gasteiger partial charge in [0, 0.05) is 40.1 Å². The molecule has 3 aromatic rings. The van der Waals surface area contributed by atoms with Gasteiger partial charge in [-0.25, -0.2) is 0 Å². The number of fused-ring (bicyclic) bond motifs is 1. The molecule has 0 bridgehead atoms. The van der Waals surface area contributed by atoms with Gasteiger partial charge in [-0.3, -0.25) is 15.1 Å². The SMILES string of the molecule is O=[N+]([O-])c1ccc2nccc(Nc3cccc(Cl)c3)c2c1. The largest absolute Gasteiger partial charge is 0.355 e. The normalized spacial score (nSPS) is 10.5. The number of hydrogen-bond donors (Lipinski definition) is 1. The van der Waals surface area contributed by atoms with Gasteiger partial charge in [0.1, 0.15) is 0 Å². The van der Waals surface area contributed by atoms with Crippen LogP contribution in [0.5, 0.6) is 0 Å². The van der Waals surface area contributed by atoms with E-state index in [2.05, 4.69) is 10.3 Å². The summed E-state index contributed by atoms with van der Waals surface area (Å²) in [5, 5.41) is 15.4. The molecule has 104 valence electrons. The van der Waals surface area contributed by atoms with Crippen molar-refractivity contribution >= 4 is 39.6 Å². The molecule has 0 atom stereocenters. The number of nitro groups is 1. The van der Waals surface area contributed by atoms with Crippen molar-refractivity contribution < 1.29 is 4.92 Å². The predicted molar refractivity (Wildman–Crippen MR) is 83.1 cm³/mol. The summed E-state index contributed by atoms with van der Waals surface area (Å²) in [6.07, 6.45) is 1.65. The van der Waals surface area contributed by atoms with E-state index in [-0.39, 0.29) is 5.69 Å². The van der Waals surface area contributed by atoms with Crippen LogP contribution in [0.3, 0.4) is 0 Å². The summed E-state index contributed by atoms with van der Waals surface area (Å²) >= 11 is 5.95. The molecule has 0 aliphatic rings. The van der Waals surface area contributed by atoms with E-state index < -0.39 is 4.92 Å². The molecule has 0 unspecified atom stereocenters. The lowest BCUT2D eigenvalue weighted by Gasteiger charge is -2.09. The van der Waals surface area contributed by atoms with Crippen molar-refractivity contribution in [3.05, 3.63) is 69.9 Å². The molecular formula is C15H10ClN3O2. The number of nitro benzene ring substituents is 1. The number of nitrogens with zero attached hydrogens (tertiary/aromatic N) is 2. The maximum Gasteiger partial charge on any atom is 0.270 e. The maximum absolute atomic E-state index is 10.9. The van der Waals surface area contributed by atoms with Crippen LogP contribution >= 0.6 is 11.6 Å². The number of rotatable bonds is 3. The Kier molecular flexibility index (Phi) is 3.41. The summed E-state index contributed by atoms with van der Waals surface area (Å²) in [6.45, 7) is 0. The Hall–Kier alpha value is -2.66. The maximum atomic E-state index is 10.9. The van der Waals surface area contributed by atoms with Gasteiger partial charge >= 0.3 is 0 Å². The fourth-order valence-corrected chi connectivity index (χ4v) is 2.27. The molecule has 21 heavy (non-hydrogen) atoms. The Balaban J connectivity index is 2.09. The van der Waals surface area contributed by atoms with E-state index in [0.29, 0.717) is 15.9 Å². The van der Waals surface area contributed by atoms with Crippen LogP contribution in [-0.4, -0.2) is 9.91 Å². The lowest BCUT2D eigenvalue weighted by atomic mass is 10.1. The first kappa shape index (κ1) is 13.3. The molecule has 0 aliphatic carbocycles. The quantitative estimate of drug-likeness (QED) is 0.569. The molecule has 0 aliphatic heterocycles. The van der Waals surface area contributed by atoms with Crippen molar-refractivity contribution in [3.8, 4) is 0 Å². The van der Waals surface area contributed by atoms with E-state index in [1.54, 1.807) is 30.5 Å². The first-order valence-electron chi connectivity index (χ1n) is 6.19. The molecule has 0 amide bonds. The first-order valence-corrected chi connectivity index (χ1v) is 6.57. The van der Waals surface area contributed by atoms with Crippen LogP contribution in [-0.2, 0) is 0 Å². The van der Waals surface area contributed by atoms with E-state index in [0.717, 1.165) is 11.4 Å². The van der Waals surface area contributed by atoms with E-state index in [9.17, 15) is 10.1 Å². The van der Waals surface area contributed by atoms with Crippen molar-refractivity contribution in [2.45, 2.75) is 0 Å². The van der Waals surface area contributed by atoms with Crippen LogP contribution in [0.15, 0.2) is 54.7 Å². The molecule has 2 aromatic carbocycles. The molecule has 3 rings (SSSR count). The van der Waals surface area contributed by atoms with Gasteiger partial charge in [-0.05, 0) is 30.3 Å². The fraction of sp³-hybridized carbons (Fsp3) is 0. The Morgan fingerprint density at radius 2 is 2.00 bits per heavy atom. The average Bonchev–Trinajstić information content (AvgIpc) is 2.47. The molecule has 6 heteroatoms. The van der Waals surface area contributed by atoms with Crippen LogP contribution < -0.4 is 5.32 Å². The van der Waals surface area contributed by atoms with Gasteiger partial charge in [-0.15, -0.1) is 0 Å². The zero-order valence-corrected chi connectivity index (χ0v) is 11.5. The number of nitrogens with one attached hydrogen (secondary N) is 1. The van der Waals surface area contributed by atoms with E-state index in [4.69, 9.17) is 11.6 Å². The van der Waals surface area contributed by atoms with Crippen molar-refractivity contribution in [1.82, 2.24) is 4.98 Å². The molecule has 0 spiro atoms. The second-order valence-electron chi connectivity index (χ2n) is 4.45. The molecular weight excluding hydrogens is 290 g/mol. The van der Waals surface area contributed by atoms with Crippen LogP contribution in [0, 0.1) is 10.1 Å². The van der Waals surface area contributed by atoms with E-state index in [1.807, 2.05) is 12.1 Å². The third-order valence-electron chi connectivity index (χ3n) is 3.04. The highest BCUT2D eigenvalue weighted by molar-refractivity contribution is 6.30. The zero-order chi connectivity index (χ0) is 14.8. The Labute approximate surface area is 125 Å². The smallest absolute Gasteiger partial charge is 0.270 e. The predicted octanol–water partition coefficient (Wildman–Crippen LogP) is 4.54. The molecule has 0 radical (unpaired) electrons. The molecule has 0 saturated heterocycles. The Morgan fingerprint density at radius 3 is 2.76 bits per heavy atom.